The van der Waals surface area contributed by atoms with E-state index in [0.29, 0.717) is 6.61 Å². The van der Waals surface area contributed by atoms with Crippen LogP contribution in [-0.2, 0) is 9.47 Å². The summed E-state index contributed by atoms with van der Waals surface area (Å²) in [4.78, 5) is 23.7. The lowest BCUT2D eigenvalue weighted by Crippen LogP contribution is -2.16. The molecule has 1 aromatic rings. The van der Waals surface area contributed by atoms with Gasteiger partial charge in [-0.3, -0.25) is 0 Å². The highest BCUT2D eigenvalue weighted by atomic mass is 35.5. The third-order valence-corrected chi connectivity index (χ3v) is 2.38. The lowest BCUT2D eigenvalue weighted by Gasteiger charge is -2.10. The summed E-state index contributed by atoms with van der Waals surface area (Å²) in [6.45, 7) is 4.29. The second-order valence-electron chi connectivity index (χ2n) is 4.36. The van der Waals surface area contributed by atoms with Gasteiger partial charge in [0.1, 0.15) is 6.61 Å². The van der Waals surface area contributed by atoms with Gasteiger partial charge in [0.2, 0.25) is 0 Å². The second-order valence-corrected chi connectivity index (χ2v) is 4.74. The van der Waals surface area contributed by atoms with Gasteiger partial charge >= 0.3 is 11.9 Å². The molecule has 0 bridgehead atoms. The zero-order valence-corrected chi connectivity index (χ0v) is 11.8. The van der Waals surface area contributed by atoms with Crippen LogP contribution in [-0.4, -0.2) is 31.0 Å². The SMILES string of the molecule is CC(C)COC(=O)c1ccccc1C(=O)OCCCl. The minimum Gasteiger partial charge on any atom is -0.462 e. The molecule has 0 saturated heterocycles. The van der Waals surface area contributed by atoms with E-state index in [9.17, 15) is 9.59 Å². The van der Waals surface area contributed by atoms with Crippen LogP contribution in [0, 0.1) is 5.92 Å². The maximum absolute atomic E-state index is 11.9. The molecule has 0 N–H and O–H groups in total. The minimum absolute atomic E-state index is 0.107. The van der Waals surface area contributed by atoms with Crippen molar-refractivity contribution in [1.82, 2.24) is 0 Å². The maximum Gasteiger partial charge on any atom is 0.339 e. The van der Waals surface area contributed by atoms with Crippen LogP contribution in [0.4, 0.5) is 0 Å². The predicted molar refractivity (Wildman–Crippen MR) is 72.6 cm³/mol. The fourth-order valence-corrected chi connectivity index (χ4v) is 1.45. The Balaban J connectivity index is 2.83. The molecule has 0 atom stereocenters. The van der Waals surface area contributed by atoms with E-state index in [1.54, 1.807) is 18.2 Å². The molecular formula is C14H17ClO4. The Kier molecular flexibility index (Phi) is 6.36. The van der Waals surface area contributed by atoms with Crippen molar-refractivity contribution >= 4 is 23.5 Å². The van der Waals surface area contributed by atoms with Gasteiger partial charge in [-0.15, -0.1) is 11.6 Å². The summed E-state index contributed by atoms with van der Waals surface area (Å²) in [6.07, 6.45) is 0. The smallest absolute Gasteiger partial charge is 0.339 e. The standard InChI is InChI=1S/C14H17ClO4/c1-10(2)9-19-14(17)12-6-4-3-5-11(12)13(16)18-8-7-15/h3-6,10H,7-9H2,1-2H3. The Hall–Kier alpha value is -1.55. The van der Waals surface area contributed by atoms with E-state index < -0.39 is 11.9 Å². The van der Waals surface area contributed by atoms with Gasteiger partial charge in [0.25, 0.3) is 0 Å². The van der Waals surface area contributed by atoms with Crippen LogP contribution in [0.15, 0.2) is 24.3 Å². The van der Waals surface area contributed by atoms with Crippen LogP contribution < -0.4 is 0 Å². The number of ether oxygens (including phenoxy) is 2. The van der Waals surface area contributed by atoms with Crippen LogP contribution >= 0.6 is 11.6 Å². The first-order chi connectivity index (χ1) is 9.06. The van der Waals surface area contributed by atoms with Gasteiger partial charge in [-0.2, -0.15) is 0 Å². The Morgan fingerprint density at radius 2 is 1.63 bits per heavy atom. The Labute approximate surface area is 117 Å². The van der Waals surface area contributed by atoms with Crippen LogP contribution in [0.1, 0.15) is 34.6 Å². The third-order valence-electron chi connectivity index (χ3n) is 2.22. The van der Waals surface area contributed by atoms with Crippen LogP contribution in [0.2, 0.25) is 0 Å². The van der Waals surface area contributed by atoms with Crippen molar-refractivity contribution in [2.75, 3.05) is 19.1 Å². The molecule has 0 radical (unpaired) electrons. The minimum atomic E-state index is -0.572. The molecule has 0 aromatic heterocycles. The van der Waals surface area contributed by atoms with Crippen LogP contribution in [0.5, 0.6) is 0 Å². The van der Waals surface area contributed by atoms with Gasteiger partial charge < -0.3 is 9.47 Å². The van der Waals surface area contributed by atoms with E-state index in [1.165, 1.54) is 6.07 Å². The summed E-state index contributed by atoms with van der Waals surface area (Å²) in [5.41, 5.74) is 0.407. The summed E-state index contributed by atoms with van der Waals surface area (Å²) >= 11 is 5.45. The molecule has 0 aliphatic rings. The van der Waals surface area contributed by atoms with Crippen molar-refractivity contribution in [1.29, 1.82) is 0 Å². The van der Waals surface area contributed by atoms with E-state index in [1.807, 2.05) is 13.8 Å². The number of hydrogen-bond donors (Lipinski definition) is 0. The molecule has 0 saturated carbocycles. The van der Waals surface area contributed by atoms with E-state index in [4.69, 9.17) is 21.1 Å². The lowest BCUT2D eigenvalue weighted by atomic mass is 10.1. The van der Waals surface area contributed by atoms with Crippen molar-refractivity contribution in [2.24, 2.45) is 5.92 Å². The largest absolute Gasteiger partial charge is 0.462 e. The molecular weight excluding hydrogens is 268 g/mol. The van der Waals surface area contributed by atoms with Gasteiger partial charge in [-0.05, 0) is 18.1 Å². The summed E-state index contributed by atoms with van der Waals surface area (Å²) < 4.78 is 10.0. The molecule has 4 nitrogen and oxygen atoms in total. The second kappa shape index (κ2) is 7.79. The quantitative estimate of drug-likeness (QED) is 0.595. The Bertz CT molecular complexity index is 443. The van der Waals surface area contributed by atoms with Gasteiger partial charge in [-0.25, -0.2) is 9.59 Å². The Morgan fingerprint density at radius 3 is 2.11 bits per heavy atom. The molecule has 1 rings (SSSR count). The first-order valence-electron chi connectivity index (χ1n) is 6.05. The molecule has 1 aromatic carbocycles. The summed E-state index contributed by atoms with van der Waals surface area (Å²) in [5.74, 6) is -0.643. The average molecular weight is 285 g/mol. The number of hydrogen-bond acceptors (Lipinski definition) is 4. The van der Waals surface area contributed by atoms with Crippen LogP contribution in [0.25, 0.3) is 0 Å². The molecule has 0 aliphatic carbocycles. The normalized spacial score (nSPS) is 10.3. The highest BCUT2D eigenvalue weighted by Gasteiger charge is 2.18. The molecule has 19 heavy (non-hydrogen) atoms. The van der Waals surface area contributed by atoms with Crippen molar-refractivity contribution in [2.45, 2.75) is 13.8 Å². The molecule has 0 spiro atoms. The van der Waals surface area contributed by atoms with Crippen LogP contribution in [0.3, 0.4) is 0 Å². The average Bonchev–Trinajstić information content (AvgIpc) is 2.42. The number of carbonyl (C=O) groups is 2. The number of alkyl halides is 1. The fraction of sp³-hybridized carbons (Fsp3) is 0.429. The molecule has 0 heterocycles. The molecule has 5 heteroatoms. The van der Waals surface area contributed by atoms with Gasteiger partial charge in [0.15, 0.2) is 0 Å². The van der Waals surface area contributed by atoms with E-state index >= 15 is 0 Å². The Morgan fingerprint density at radius 1 is 1.11 bits per heavy atom. The predicted octanol–water partition coefficient (Wildman–Crippen LogP) is 2.90. The van der Waals surface area contributed by atoms with Crippen molar-refractivity contribution < 1.29 is 19.1 Å². The van der Waals surface area contributed by atoms with Gasteiger partial charge in [0.05, 0.1) is 23.6 Å². The molecule has 0 aliphatic heterocycles. The zero-order valence-electron chi connectivity index (χ0n) is 11.0. The molecule has 0 amide bonds. The van der Waals surface area contributed by atoms with Crippen molar-refractivity contribution in [3.63, 3.8) is 0 Å². The monoisotopic (exact) mass is 284 g/mol. The topological polar surface area (TPSA) is 52.6 Å². The van der Waals surface area contributed by atoms with E-state index in [-0.39, 0.29) is 29.5 Å². The number of rotatable bonds is 6. The summed E-state index contributed by atoms with van der Waals surface area (Å²) in [7, 11) is 0. The first kappa shape index (κ1) is 15.5. The maximum atomic E-state index is 11.9. The number of esters is 2. The van der Waals surface area contributed by atoms with Crippen molar-refractivity contribution in [3.05, 3.63) is 35.4 Å². The van der Waals surface area contributed by atoms with E-state index in [0.717, 1.165) is 0 Å². The summed E-state index contributed by atoms with van der Waals surface area (Å²) in [6, 6.07) is 6.41. The molecule has 0 unspecified atom stereocenters. The first-order valence-corrected chi connectivity index (χ1v) is 6.59. The number of carbonyl (C=O) groups excluding carboxylic acids is 2. The number of benzene rings is 1. The van der Waals surface area contributed by atoms with Gasteiger partial charge in [0, 0.05) is 0 Å². The number of halogens is 1. The van der Waals surface area contributed by atoms with E-state index in [2.05, 4.69) is 0 Å². The van der Waals surface area contributed by atoms with Gasteiger partial charge in [-0.1, -0.05) is 26.0 Å². The highest BCUT2D eigenvalue weighted by Crippen LogP contribution is 2.12. The molecule has 104 valence electrons. The summed E-state index contributed by atoms with van der Waals surface area (Å²) in [5, 5.41) is 0. The zero-order chi connectivity index (χ0) is 14.3. The molecule has 0 fully saturated rings. The highest BCUT2D eigenvalue weighted by molar-refractivity contribution is 6.18. The lowest BCUT2D eigenvalue weighted by molar-refractivity contribution is 0.0435. The van der Waals surface area contributed by atoms with Crippen molar-refractivity contribution in [3.8, 4) is 0 Å². The third kappa shape index (κ3) is 4.91. The fourth-order valence-electron chi connectivity index (χ4n) is 1.37.